The van der Waals surface area contributed by atoms with Crippen LogP contribution in [0.5, 0.6) is 11.5 Å². The molecule has 1 N–H and O–H groups in total. The van der Waals surface area contributed by atoms with Gasteiger partial charge in [-0.1, -0.05) is 11.6 Å². The lowest BCUT2D eigenvalue weighted by Crippen LogP contribution is -2.24. The fourth-order valence-electron chi connectivity index (χ4n) is 3.05. The molecule has 0 bridgehead atoms. The van der Waals surface area contributed by atoms with Crippen molar-refractivity contribution in [2.24, 2.45) is 7.05 Å². The number of benzene rings is 2. The van der Waals surface area contributed by atoms with Crippen molar-refractivity contribution >= 4 is 34.6 Å². The molecule has 0 spiro atoms. The second kappa shape index (κ2) is 7.52. The highest BCUT2D eigenvalue weighted by molar-refractivity contribution is 6.32. The molecule has 8 heteroatoms. The van der Waals surface area contributed by atoms with Crippen molar-refractivity contribution in [3.8, 4) is 11.5 Å². The van der Waals surface area contributed by atoms with E-state index in [-0.39, 0.29) is 18.5 Å². The Balaban J connectivity index is 1.36. The minimum atomic E-state index is -0.302. The molecule has 6 nitrogen and oxygen atoms in total. The van der Waals surface area contributed by atoms with Gasteiger partial charge >= 0.3 is 0 Å². The van der Waals surface area contributed by atoms with E-state index in [0.717, 1.165) is 22.4 Å². The number of ether oxygens (including phenoxy) is 2. The highest BCUT2D eigenvalue weighted by Crippen LogP contribution is 2.40. The second-order valence-corrected chi connectivity index (χ2v) is 6.74. The Bertz CT molecular complexity index is 1090. The number of rotatable bonds is 5. The molecule has 1 aliphatic heterocycles. The number of aryl methyl sites for hydroxylation is 1. The van der Waals surface area contributed by atoms with Gasteiger partial charge in [0.05, 0.1) is 16.1 Å². The fourth-order valence-corrected chi connectivity index (χ4v) is 3.32. The summed E-state index contributed by atoms with van der Waals surface area (Å²) in [5.74, 6) is 1.31. The smallest absolute Gasteiger partial charge is 0.244 e. The van der Waals surface area contributed by atoms with Crippen molar-refractivity contribution < 1.29 is 18.7 Å². The molecule has 2 heterocycles. The third-order valence-corrected chi connectivity index (χ3v) is 4.74. The Morgan fingerprint density at radius 2 is 2.21 bits per heavy atom. The number of hydrogen-bond acceptors (Lipinski definition) is 4. The number of imidazole rings is 1. The molecular weight excluding hydrogens is 385 g/mol. The van der Waals surface area contributed by atoms with Crippen molar-refractivity contribution in [2.75, 3.05) is 13.3 Å². The summed E-state index contributed by atoms with van der Waals surface area (Å²) in [6, 6.07) is 7.94. The maximum Gasteiger partial charge on any atom is 0.244 e. The summed E-state index contributed by atoms with van der Waals surface area (Å²) in [5, 5.41) is 3.25. The quantitative estimate of drug-likeness (QED) is 0.665. The van der Waals surface area contributed by atoms with Crippen LogP contribution in [-0.2, 0) is 18.3 Å². The summed E-state index contributed by atoms with van der Waals surface area (Å²) < 4.78 is 25.8. The average Bonchev–Trinajstić information content (AvgIpc) is 3.26. The maximum absolute atomic E-state index is 13.4. The van der Waals surface area contributed by atoms with E-state index in [1.54, 1.807) is 24.3 Å². The van der Waals surface area contributed by atoms with Gasteiger partial charge in [0.15, 0.2) is 11.5 Å². The van der Waals surface area contributed by atoms with E-state index in [1.165, 1.54) is 18.2 Å². The van der Waals surface area contributed by atoms with Gasteiger partial charge in [0.25, 0.3) is 0 Å². The number of hydrogen-bond donors (Lipinski definition) is 1. The molecule has 144 valence electrons. The fraction of sp³-hybridized carbons (Fsp3) is 0.200. The van der Waals surface area contributed by atoms with E-state index in [2.05, 4.69) is 10.3 Å². The van der Waals surface area contributed by atoms with Gasteiger partial charge in [-0.05, 0) is 42.0 Å². The third-order valence-electron chi connectivity index (χ3n) is 4.46. The highest BCUT2D eigenvalue weighted by Gasteiger charge is 2.17. The predicted octanol–water partition coefficient (Wildman–Crippen LogP) is 3.47. The standard InChI is InChI=1S/C20H17ClFN3O3/c1-25-16-10-13(22)3-4-15(16)24-18(25)6-7-23-19(26)5-2-12-8-14(21)20-17(9-12)27-11-28-20/h2-5,8-10H,6-7,11H2,1H3,(H,23,26)/b5-2+. The van der Waals surface area contributed by atoms with Crippen LogP contribution in [0.2, 0.25) is 5.02 Å². The van der Waals surface area contributed by atoms with E-state index in [4.69, 9.17) is 21.1 Å². The van der Waals surface area contributed by atoms with Gasteiger partial charge in [-0.25, -0.2) is 9.37 Å². The topological polar surface area (TPSA) is 65.4 Å². The average molecular weight is 402 g/mol. The van der Waals surface area contributed by atoms with Crippen LogP contribution in [-0.4, -0.2) is 28.8 Å². The number of carbonyl (C=O) groups is 1. The number of halogens is 2. The molecule has 1 aromatic heterocycles. The summed E-state index contributed by atoms with van der Waals surface area (Å²) in [4.78, 5) is 16.5. The lowest BCUT2D eigenvalue weighted by atomic mass is 10.2. The number of aromatic nitrogens is 2. The number of amides is 1. The summed E-state index contributed by atoms with van der Waals surface area (Å²) in [5.41, 5.74) is 2.19. The van der Waals surface area contributed by atoms with Gasteiger partial charge in [0, 0.05) is 26.1 Å². The largest absolute Gasteiger partial charge is 0.454 e. The van der Waals surface area contributed by atoms with E-state index < -0.39 is 0 Å². The van der Waals surface area contributed by atoms with Gasteiger partial charge in [-0.2, -0.15) is 0 Å². The van der Waals surface area contributed by atoms with Crippen LogP contribution in [0.3, 0.4) is 0 Å². The Morgan fingerprint density at radius 3 is 3.07 bits per heavy atom. The van der Waals surface area contributed by atoms with Crippen molar-refractivity contribution in [3.05, 3.63) is 58.6 Å². The van der Waals surface area contributed by atoms with Gasteiger partial charge in [-0.3, -0.25) is 4.79 Å². The minimum Gasteiger partial charge on any atom is -0.454 e. The summed E-state index contributed by atoms with van der Waals surface area (Å²) in [6.45, 7) is 0.544. The van der Waals surface area contributed by atoms with Crippen molar-refractivity contribution in [1.29, 1.82) is 0 Å². The summed E-state index contributed by atoms with van der Waals surface area (Å²) in [7, 11) is 1.83. The Morgan fingerprint density at radius 1 is 1.36 bits per heavy atom. The van der Waals surface area contributed by atoms with E-state index >= 15 is 0 Å². The lowest BCUT2D eigenvalue weighted by molar-refractivity contribution is -0.116. The first-order chi connectivity index (χ1) is 13.5. The zero-order valence-electron chi connectivity index (χ0n) is 15.0. The van der Waals surface area contributed by atoms with E-state index in [9.17, 15) is 9.18 Å². The van der Waals surface area contributed by atoms with Crippen LogP contribution in [0, 0.1) is 5.82 Å². The number of carbonyl (C=O) groups excluding carboxylic acids is 1. The Labute approximate surface area is 165 Å². The predicted molar refractivity (Wildman–Crippen MR) is 104 cm³/mol. The van der Waals surface area contributed by atoms with Crippen LogP contribution >= 0.6 is 11.6 Å². The Hall–Kier alpha value is -3.06. The monoisotopic (exact) mass is 401 g/mol. The first-order valence-electron chi connectivity index (χ1n) is 8.67. The first kappa shape index (κ1) is 18.3. The normalized spacial score (nSPS) is 12.8. The van der Waals surface area contributed by atoms with Gasteiger partial charge < -0.3 is 19.4 Å². The van der Waals surface area contributed by atoms with Crippen molar-refractivity contribution in [2.45, 2.75) is 6.42 Å². The molecule has 0 unspecified atom stereocenters. The zero-order valence-corrected chi connectivity index (χ0v) is 15.8. The van der Waals surface area contributed by atoms with E-state index in [1.807, 2.05) is 11.6 Å². The molecule has 0 saturated heterocycles. The molecular formula is C20H17ClFN3O3. The zero-order chi connectivity index (χ0) is 19.7. The molecule has 1 aliphatic rings. The second-order valence-electron chi connectivity index (χ2n) is 6.33. The van der Waals surface area contributed by atoms with Crippen LogP contribution in [0.1, 0.15) is 11.4 Å². The van der Waals surface area contributed by atoms with Gasteiger partial charge in [0.1, 0.15) is 11.6 Å². The van der Waals surface area contributed by atoms with Crippen LogP contribution in [0.25, 0.3) is 17.1 Å². The van der Waals surface area contributed by atoms with Crippen LogP contribution in [0.4, 0.5) is 4.39 Å². The first-order valence-corrected chi connectivity index (χ1v) is 9.05. The van der Waals surface area contributed by atoms with Crippen LogP contribution < -0.4 is 14.8 Å². The van der Waals surface area contributed by atoms with Crippen molar-refractivity contribution in [1.82, 2.24) is 14.9 Å². The van der Waals surface area contributed by atoms with E-state index in [0.29, 0.717) is 29.5 Å². The summed E-state index contributed by atoms with van der Waals surface area (Å²) >= 11 is 6.13. The molecule has 0 radical (unpaired) electrons. The Kier molecular flexibility index (Phi) is 4.92. The third kappa shape index (κ3) is 3.66. The molecule has 0 atom stereocenters. The van der Waals surface area contributed by atoms with Gasteiger partial charge in [-0.15, -0.1) is 0 Å². The maximum atomic E-state index is 13.4. The minimum absolute atomic E-state index is 0.136. The highest BCUT2D eigenvalue weighted by atomic mass is 35.5. The number of fused-ring (bicyclic) bond motifs is 2. The molecule has 28 heavy (non-hydrogen) atoms. The molecule has 0 aliphatic carbocycles. The molecule has 2 aromatic carbocycles. The van der Waals surface area contributed by atoms with Crippen LogP contribution in [0.15, 0.2) is 36.4 Å². The number of nitrogens with one attached hydrogen (secondary N) is 1. The molecule has 0 fully saturated rings. The lowest BCUT2D eigenvalue weighted by Gasteiger charge is -2.04. The molecule has 1 amide bonds. The van der Waals surface area contributed by atoms with Gasteiger partial charge in [0.2, 0.25) is 12.7 Å². The summed E-state index contributed by atoms with van der Waals surface area (Å²) in [6.07, 6.45) is 3.61. The number of nitrogens with zero attached hydrogens (tertiary/aromatic N) is 2. The molecule has 0 saturated carbocycles. The SMILES string of the molecule is Cn1c(CCNC(=O)/C=C/c2cc(Cl)c3c(c2)OCO3)nc2ccc(F)cc21. The molecule has 3 aromatic rings. The molecule has 4 rings (SSSR count). The van der Waals surface area contributed by atoms with Crippen molar-refractivity contribution in [3.63, 3.8) is 0 Å².